The minimum atomic E-state index is -0.711. The molecule has 1 amide bonds. The molecule has 1 aliphatic rings. The molecule has 0 unspecified atom stereocenters. The van der Waals surface area contributed by atoms with E-state index in [-0.39, 0.29) is 0 Å². The molecule has 162 valence electrons. The Kier molecular flexibility index (Phi) is 6.48. The number of amides is 1. The Balaban J connectivity index is 1.51. The van der Waals surface area contributed by atoms with Crippen molar-refractivity contribution < 1.29 is 18.3 Å². The van der Waals surface area contributed by atoms with Crippen molar-refractivity contribution in [2.24, 2.45) is 0 Å². The first-order valence-electron chi connectivity index (χ1n) is 9.89. The van der Waals surface area contributed by atoms with Gasteiger partial charge < -0.3 is 14.6 Å². The lowest BCUT2D eigenvalue weighted by molar-refractivity contribution is 0.130. The number of benzene rings is 2. The van der Waals surface area contributed by atoms with E-state index in [0.29, 0.717) is 29.4 Å². The van der Waals surface area contributed by atoms with Crippen LogP contribution >= 0.6 is 11.6 Å². The number of rotatable bonds is 8. The molecule has 0 bridgehead atoms. The summed E-state index contributed by atoms with van der Waals surface area (Å²) in [6, 6.07) is 9.21. The van der Waals surface area contributed by atoms with Gasteiger partial charge in [-0.2, -0.15) is 0 Å². The second-order valence-corrected chi connectivity index (χ2v) is 7.71. The van der Waals surface area contributed by atoms with Gasteiger partial charge >= 0.3 is 6.09 Å². The van der Waals surface area contributed by atoms with Crippen molar-refractivity contribution in [3.63, 3.8) is 0 Å². The monoisotopic (exact) mass is 446 g/mol. The van der Waals surface area contributed by atoms with Crippen molar-refractivity contribution in [2.75, 3.05) is 18.0 Å². The summed E-state index contributed by atoms with van der Waals surface area (Å²) >= 11 is 5.96. The molecule has 1 saturated heterocycles. The predicted molar refractivity (Wildman–Crippen MR) is 113 cm³/mol. The molecule has 2 heterocycles. The summed E-state index contributed by atoms with van der Waals surface area (Å²) in [6.45, 7) is 1.81. The Morgan fingerprint density at radius 2 is 1.87 bits per heavy atom. The number of cyclic esters (lactones) is 1. The molecule has 2 atom stereocenters. The quantitative estimate of drug-likeness (QED) is 0.515. The molecule has 9 heteroatoms. The Hall–Kier alpha value is -2.97. The molecule has 1 aromatic heterocycles. The van der Waals surface area contributed by atoms with E-state index < -0.39 is 29.9 Å². The van der Waals surface area contributed by atoms with Gasteiger partial charge in [-0.05, 0) is 54.9 Å². The van der Waals surface area contributed by atoms with E-state index in [0.717, 1.165) is 19.0 Å². The number of nitrogens with zero attached hydrogens (tertiary/aromatic N) is 3. The number of hydrogen-bond donors (Lipinski definition) is 1. The zero-order chi connectivity index (χ0) is 21.8. The van der Waals surface area contributed by atoms with Crippen LogP contribution in [0.2, 0.25) is 5.02 Å². The van der Waals surface area contributed by atoms with Gasteiger partial charge in [0, 0.05) is 42.3 Å². The van der Waals surface area contributed by atoms with Crippen molar-refractivity contribution >= 4 is 23.4 Å². The summed E-state index contributed by atoms with van der Waals surface area (Å²) in [5, 5.41) is 3.79. The summed E-state index contributed by atoms with van der Waals surface area (Å²) in [6.07, 6.45) is 4.99. The number of carbonyl (C=O) groups excluding carboxylic acids is 1. The van der Waals surface area contributed by atoms with Crippen molar-refractivity contribution in [2.45, 2.75) is 25.1 Å². The van der Waals surface area contributed by atoms with Crippen LogP contribution in [-0.2, 0) is 11.3 Å². The molecule has 4 rings (SSSR count). The minimum absolute atomic E-state index is 0.323. The van der Waals surface area contributed by atoms with Gasteiger partial charge in [-0.1, -0.05) is 11.6 Å². The minimum Gasteiger partial charge on any atom is -0.442 e. The number of hydrogen-bond acceptors (Lipinski definition) is 4. The van der Waals surface area contributed by atoms with Crippen LogP contribution in [0.1, 0.15) is 18.0 Å². The van der Waals surface area contributed by atoms with E-state index in [2.05, 4.69) is 10.3 Å². The Morgan fingerprint density at radius 3 is 2.55 bits per heavy atom. The molecule has 3 aromatic rings. The summed E-state index contributed by atoms with van der Waals surface area (Å²) in [5.41, 5.74) is 0.857. The average molecular weight is 447 g/mol. The number of imidazole rings is 1. The first kappa shape index (κ1) is 21.3. The highest BCUT2D eigenvalue weighted by Crippen LogP contribution is 2.38. The molecule has 0 radical (unpaired) electrons. The van der Waals surface area contributed by atoms with Crippen LogP contribution < -0.4 is 10.2 Å². The maximum Gasteiger partial charge on any atom is 0.415 e. The molecule has 0 aliphatic carbocycles. The first-order valence-corrected chi connectivity index (χ1v) is 10.3. The average Bonchev–Trinajstić information content (AvgIpc) is 3.35. The second-order valence-electron chi connectivity index (χ2n) is 7.27. The number of aryl methyl sites for hydroxylation is 1. The van der Waals surface area contributed by atoms with Crippen LogP contribution in [0.4, 0.5) is 19.3 Å². The van der Waals surface area contributed by atoms with E-state index in [9.17, 15) is 13.6 Å². The maximum atomic E-state index is 14.0. The molecular weight excluding hydrogens is 426 g/mol. The normalized spacial score (nSPS) is 18.4. The number of aromatic nitrogens is 2. The predicted octanol–water partition coefficient (Wildman–Crippen LogP) is 4.56. The fourth-order valence-corrected chi connectivity index (χ4v) is 3.84. The number of halogens is 3. The van der Waals surface area contributed by atoms with E-state index in [1.165, 1.54) is 17.0 Å². The highest BCUT2D eigenvalue weighted by atomic mass is 35.5. The Bertz CT molecular complexity index is 1010. The lowest BCUT2D eigenvalue weighted by Gasteiger charge is -2.25. The standard InChI is InChI=1S/C22H21ClF2N4O2/c23-16-2-4-19(5-3-16)29-21(15-10-17(24)12-18(25)11-15)20(31-22(29)30)13-26-6-1-8-28-9-7-27-14-28/h2-5,7,9-12,14,20-21,26H,1,6,8,13H2/t20-,21-/m0/s1. The molecule has 0 saturated carbocycles. The lowest BCUT2D eigenvalue weighted by Crippen LogP contribution is -2.35. The summed E-state index contributed by atoms with van der Waals surface area (Å²) in [5.74, 6) is -1.42. The SMILES string of the molecule is O=C1O[C@@H](CNCCCn2ccnc2)[C@H](c2cc(F)cc(F)c2)N1c1ccc(Cl)cc1. The third kappa shape index (κ3) is 5.03. The summed E-state index contributed by atoms with van der Waals surface area (Å²) in [4.78, 5) is 18.1. The zero-order valence-electron chi connectivity index (χ0n) is 16.5. The molecule has 0 spiro atoms. The highest BCUT2D eigenvalue weighted by Gasteiger charge is 2.43. The van der Waals surface area contributed by atoms with E-state index >= 15 is 0 Å². The van der Waals surface area contributed by atoms with Gasteiger partial charge in [0.15, 0.2) is 0 Å². The van der Waals surface area contributed by atoms with Crippen LogP contribution in [0.25, 0.3) is 0 Å². The van der Waals surface area contributed by atoms with Gasteiger partial charge in [-0.25, -0.2) is 18.6 Å². The first-order chi connectivity index (χ1) is 15.0. The van der Waals surface area contributed by atoms with Crippen molar-refractivity contribution in [1.29, 1.82) is 0 Å². The van der Waals surface area contributed by atoms with Crippen molar-refractivity contribution in [3.8, 4) is 0 Å². The fraction of sp³-hybridized carbons (Fsp3) is 0.273. The molecular formula is C22H21ClF2N4O2. The third-order valence-corrected chi connectivity index (χ3v) is 5.34. The van der Waals surface area contributed by atoms with Gasteiger partial charge in [0.05, 0.1) is 6.33 Å². The van der Waals surface area contributed by atoms with E-state index in [1.54, 1.807) is 36.8 Å². The number of ether oxygens (including phenoxy) is 1. The van der Waals surface area contributed by atoms with E-state index in [4.69, 9.17) is 16.3 Å². The van der Waals surface area contributed by atoms with Gasteiger partial charge in [0.25, 0.3) is 0 Å². The maximum absolute atomic E-state index is 14.0. The largest absolute Gasteiger partial charge is 0.442 e. The molecule has 1 aliphatic heterocycles. The van der Waals surface area contributed by atoms with Crippen LogP contribution in [0.15, 0.2) is 61.2 Å². The topological polar surface area (TPSA) is 59.4 Å². The molecule has 31 heavy (non-hydrogen) atoms. The van der Waals surface area contributed by atoms with Crippen LogP contribution in [0, 0.1) is 11.6 Å². The lowest BCUT2D eigenvalue weighted by atomic mass is 9.99. The molecule has 2 aromatic carbocycles. The number of nitrogens with one attached hydrogen (secondary N) is 1. The highest BCUT2D eigenvalue weighted by molar-refractivity contribution is 6.30. The van der Waals surface area contributed by atoms with Gasteiger partial charge in [-0.15, -0.1) is 0 Å². The molecule has 1 N–H and O–H groups in total. The van der Waals surface area contributed by atoms with Crippen LogP contribution in [0.5, 0.6) is 0 Å². The van der Waals surface area contributed by atoms with Crippen molar-refractivity contribution in [3.05, 3.63) is 83.4 Å². The smallest absolute Gasteiger partial charge is 0.415 e. The Labute approximate surface area is 183 Å². The van der Waals surface area contributed by atoms with Gasteiger partial charge in [-0.3, -0.25) is 4.90 Å². The van der Waals surface area contributed by atoms with Gasteiger partial charge in [0.2, 0.25) is 0 Å². The van der Waals surface area contributed by atoms with Crippen LogP contribution in [-0.4, -0.2) is 34.8 Å². The number of carbonyl (C=O) groups is 1. The second kappa shape index (κ2) is 9.45. The van der Waals surface area contributed by atoms with Gasteiger partial charge in [0.1, 0.15) is 23.8 Å². The summed E-state index contributed by atoms with van der Waals surface area (Å²) < 4.78 is 35.5. The summed E-state index contributed by atoms with van der Waals surface area (Å²) in [7, 11) is 0. The third-order valence-electron chi connectivity index (χ3n) is 5.09. The number of anilines is 1. The fourth-order valence-electron chi connectivity index (χ4n) is 3.71. The zero-order valence-corrected chi connectivity index (χ0v) is 17.3. The molecule has 1 fully saturated rings. The Morgan fingerprint density at radius 1 is 1.13 bits per heavy atom. The van der Waals surface area contributed by atoms with Crippen LogP contribution in [0.3, 0.4) is 0 Å². The van der Waals surface area contributed by atoms with E-state index in [1.807, 2.05) is 10.8 Å². The van der Waals surface area contributed by atoms with Crippen molar-refractivity contribution in [1.82, 2.24) is 14.9 Å². The molecule has 6 nitrogen and oxygen atoms in total.